The monoisotopic (exact) mass is 422 g/mol. The van der Waals surface area contributed by atoms with E-state index in [2.05, 4.69) is 17.4 Å². The van der Waals surface area contributed by atoms with Gasteiger partial charge in [-0.15, -0.1) is 0 Å². The Balaban J connectivity index is 2.05. The van der Waals surface area contributed by atoms with Crippen LogP contribution in [-0.4, -0.2) is 33.2 Å². The molecule has 0 radical (unpaired) electrons. The highest BCUT2D eigenvalue weighted by Gasteiger charge is 2.31. The average molecular weight is 423 g/mol. The number of nitrogens with zero attached hydrogens (tertiary/aromatic N) is 1. The Morgan fingerprint density at radius 2 is 1.89 bits per heavy atom. The first-order valence-electron chi connectivity index (χ1n) is 9.30. The van der Waals surface area contributed by atoms with Gasteiger partial charge in [-0.2, -0.15) is 0 Å². The van der Waals surface area contributed by atoms with E-state index in [9.17, 15) is 13.2 Å². The second kappa shape index (κ2) is 9.94. The van der Waals surface area contributed by atoms with Crippen molar-refractivity contribution in [1.29, 1.82) is 0 Å². The standard InChI is InChI=1S/C21H27ClN2O3S/c1-4-20(24(28(3,26)27)19-12-6-11-18(22)15-19)21(25)23-13-7-10-17-9-5-8-16(2)14-17/h5-6,8-9,11-12,14-15,20H,4,7,10,13H2,1-3H3,(H,23,25)/t20-/m1/s1. The summed E-state index contributed by atoms with van der Waals surface area (Å²) in [5, 5.41) is 3.29. The molecule has 0 heterocycles. The number of aryl methyl sites for hydroxylation is 2. The third-order valence-electron chi connectivity index (χ3n) is 4.42. The van der Waals surface area contributed by atoms with Crippen molar-refractivity contribution in [3.05, 3.63) is 64.7 Å². The molecule has 0 aliphatic heterocycles. The topological polar surface area (TPSA) is 66.5 Å². The number of hydrogen-bond donors (Lipinski definition) is 1. The van der Waals surface area contributed by atoms with Crippen molar-refractivity contribution < 1.29 is 13.2 Å². The van der Waals surface area contributed by atoms with Crippen LogP contribution in [0.4, 0.5) is 5.69 Å². The first-order valence-corrected chi connectivity index (χ1v) is 11.5. The molecule has 0 fully saturated rings. The van der Waals surface area contributed by atoms with Gasteiger partial charge < -0.3 is 5.32 Å². The summed E-state index contributed by atoms with van der Waals surface area (Å²) >= 11 is 6.02. The molecule has 0 aromatic heterocycles. The Kier molecular flexibility index (Phi) is 7.89. The molecule has 2 aromatic rings. The number of carbonyl (C=O) groups excluding carboxylic acids is 1. The quantitative estimate of drug-likeness (QED) is 0.622. The number of sulfonamides is 1. The molecule has 0 saturated heterocycles. The molecule has 0 unspecified atom stereocenters. The molecule has 7 heteroatoms. The Labute approximate surface area is 172 Å². The summed E-state index contributed by atoms with van der Waals surface area (Å²) in [5.74, 6) is -0.308. The normalized spacial score (nSPS) is 12.4. The minimum absolute atomic E-state index is 0.308. The number of anilines is 1. The van der Waals surface area contributed by atoms with E-state index >= 15 is 0 Å². The van der Waals surface area contributed by atoms with Gasteiger partial charge in [0.1, 0.15) is 6.04 Å². The Bertz CT molecular complexity index is 915. The number of benzene rings is 2. The van der Waals surface area contributed by atoms with Crippen LogP contribution in [0.1, 0.15) is 30.9 Å². The molecule has 1 N–H and O–H groups in total. The lowest BCUT2D eigenvalue weighted by atomic mass is 10.1. The summed E-state index contributed by atoms with van der Waals surface area (Å²) in [6.45, 7) is 4.32. The van der Waals surface area contributed by atoms with E-state index in [1.807, 2.05) is 19.1 Å². The van der Waals surface area contributed by atoms with Gasteiger partial charge in [-0.1, -0.05) is 54.4 Å². The number of halogens is 1. The van der Waals surface area contributed by atoms with Gasteiger partial charge in [-0.05, 0) is 49.9 Å². The van der Waals surface area contributed by atoms with Crippen LogP contribution in [0.15, 0.2) is 48.5 Å². The zero-order chi connectivity index (χ0) is 20.7. The summed E-state index contributed by atoms with van der Waals surface area (Å²) < 4.78 is 25.9. The minimum atomic E-state index is -3.66. The molecular formula is C21H27ClN2O3S. The van der Waals surface area contributed by atoms with Crippen LogP contribution in [-0.2, 0) is 21.2 Å². The Morgan fingerprint density at radius 3 is 2.50 bits per heavy atom. The summed E-state index contributed by atoms with van der Waals surface area (Å²) in [7, 11) is -3.66. The SMILES string of the molecule is CC[C@H](C(=O)NCCCc1cccc(C)c1)N(c1cccc(Cl)c1)S(C)(=O)=O. The molecule has 0 aliphatic carbocycles. The van der Waals surface area contributed by atoms with E-state index in [1.165, 1.54) is 11.1 Å². The number of hydrogen-bond acceptors (Lipinski definition) is 3. The molecule has 152 valence electrons. The van der Waals surface area contributed by atoms with Gasteiger partial charge in [-0.3, -0.25) is 9.10 Å². The number of carbonyl (C=O) groups is 1. The van der Waals surface area contributed by atoms with Gasteiger partial charge in [0.05, 0.1) is 11.9 Å². The zero-order valence-electron chi connectivity index (χ0n) is 16.5. The summed E-state index contributed by atoms with van der Waals surface area (Å²) in [6, 6.07) is 14.0. The van der Waals surface area contributed by atoms with Gasteiger partial charge in [0.2, 0.25) is 15.9 Å². The van der Waals surface area contributed by atoms with E-state index in [1.54, 1.807) is 31.2 Å². The molecule has 1 atom stereocenters. The third-order valence-corrected chi connectivity index (χ3v) is 5.83. The lowest BCUT2D eigenvalue weighted by Crippen LogP contribution is -2.49. The van der Waals surface area contributed by atoms with Crippen molar-refractivity contribution >= 4 is 33.2 Å². The number of rotatable bonds is 9. The average Bonchev–Trinajstić information content (AvgIpc) is 2.62. The lowest BCUT2D eigenvalue weighted by molar-refractivity contribution is -0.122. The number of amides is 1. The maximum Gasteiger partial charge on any atom is 0.243 e. The van der Waals surface area contributed by atoms with Gasteiger partial charge in [0.25, 0.3) is 0 Å². The van der Waals surface area contributed by atoms with Crippen molar-refractivity contribution in [2.24, 2.45) is 0 Å². The predicted molar refractivity (Wildman–Crippen MR) is 115 cm³/mol. The molecular weight excluding hydrogens is 396 g/mol. The lowest BCUT2D eigenvalue weighted by Gasteiger charge is -2.30. The summed E-state index contributed by atoms with van der Waals surface area (Å²) in [4.78, 5) is 12.7. The minimum Gasteiger partial charge on any atom is -0.354 e. The fourth-order valence-electron chi connectivity index (χ4n) is 3.16. The molecule has 5 nitrogen and oxygen atoms in total. The Hall–Kier alpha value is -2.05. The Morgan fingerprint density at radius 1 is 1.18 bits per heavy atom. The second-order valence-electron chi connectivity index (χ2n) is 6.85. The molecule has 28 heavy (non-hydrogen) atoms. The maximum atomic E-state index is 12.7. The van der Waals surface area contributed by atoms with Crippen molar-refractivity contribution in [2.45, 2.75) is 39.2 Å². The van der Waals surface area contributed by atoms with E-state index in [0.717, 1.165) is 23.4 Å². The predicted octanol–water partition coefficient (Wildman–Crippen LogP) is 3.94. The van der Waals surface area contributed by atoms with Crippen molar-refractivity contribution in [1.82, 2.24) is 5.32 Å². The van der Waals surface area contributed by atoms with Gasteiger partial charge in [0.15, 0.2) is 0 Å². The molecule has 1 amide bonds. The van der Waals surface area contributed by atoms with Crippen LogP contribution >= 0.6 is 11.6 Å². The maximum absolute atomic E-state index is 12.7. The van der Waals surface area contributed by atoms with Crippen molar-refractivity contribution in [3.63, 3.8) is 0 Å². The van der Waals surface area contributed by atoms with Crippen LogP contribution in [0, 0.1) is 6.92 Å². The van der Waals surface area contributed by atoms with Crippen LogP contribution < -0.4 is 9.62 Å². The highest BCUT2D eigenvalue weighted by atomic mass is 35.5. The molecule has 0 saturated carbocycles. The zero-order valence-corrected chi connectivity index (χ0v) is 18.1. The second-order valence-corrected chi connectivity index (χ2v) is 9.14. The van der Waals surface area contributed by atoms with Crippen molar-refractivity contribution in [2.75, 3.05) is 17.1 Å². The van der Waals surface area contributed by atoms with E-state index in [0.29, 0.717) is 23.7 Å². The first kappa shape index (κ1) is 22.2. The molecule has 0 bridgehead atoms. The van der Waals surface area contributed by atoms with Crippen LogP contribution in [0.25, 0.3) is 0 Å². The summed E-state index contributed by atoms with van der Waals surface area (Å²) in [6.07, 6.45) is 3.08. The van der Waals surface area contributed by atoms with Crippen LogP contribution in [0.2, 0.25) is 5.02 Å². The molecule has 2 rings (SSSR count). The van der Waals surface area contributed by atoms with E-state index < -0.39 is 16.1 Å². The first-order chi connectivity index (χ1) is 13.2. The van der Waals surface area contributed by atoms with Gasteiger partial charge in [-0.25, -0.2) is 8.42 Å². The highest BCUT2D eigenvalue weighted by molar-refractivity contribution is 7.92. The van der Waals surface area contributed by atoms with Crippen LogP contribution in [0.3, 0.4) is 0 Å². The fraction of sp³-hybridized carbons (Fsp3) is 0.381. The molecule has 0 aliphatic rings. The largest absolute Gasteiger partial charge is 0.354 e. The van der Waals surface area contributed by atoms with Gasteiger partial charge in [0, 0.05) is 11.6 Å². The fourth-order valence-corrected chi connectivity index (χ4v) is 4.55. The van der Waals surface area contributed by atoms with E-state index in [-0.39, 0.29) is 5.91 Å². The van der Waals surface area contributed by atoms with E-state index in [4.69, 9.17) is 11.6 Å². The molecule has 0 spiro atoms. The highest BCUT2D eigenvalue weighted by Crippen LogP contribution is 2.25. The smallest absolute Gasteiger partial charge is 0.243 e. The van der Waals surface area contributed by atoms with Gasteiger partial charge >= 0.3 is 0 Å². The van der Waals surface area contributed by atoms with Crippen LogP contribution in [0.5, 0.6) is 0 Å². The third kappa shape index (κ3) is 6.24. The summed E-state index contributed by atoms with van der Waals surface area (Å²) in [5.41, 5.74) is 2.81. The molecule has 2 aromatic carbocycles. The number of nitrogens with one attached hydrogen (secondary N) is 1. The van der Waals surface area contributed by atoms with Crippen molar-refractivity contribution in [3.8, 4) is 0 Å².